The normalized spacial score (nSPS) is 14.8. The molecule has 3 aromatic rings. The van der Waals surface area contributed by atoms with Gasteiger partial charge in [-0.05, 0) is 48.4 Å². The lowest BCUT2D eigenvalue weighted by Crippen LogP contribution is -2.48. The van der Waals surface area contributed by atoms with E-state index in [0.29, 0.717) is 6.42 Å². The summed E-state index contributed by atoms with van der Waals surface area (Å²) < 4.78 is 0. The highest BCUT2D eigenvalue weighted by molar-refractivity contribution is 5.90. The van der Waals surface area contributed by atoms with E-state index in [9.17, 15) is 4.79 Å². The van der Waals surface area contributed by atoms with Gasteiger partial charge in [-0.2, -0.15) is 0 Å². The first-order valence-corrected chi connectivity index (χ1v) is 12.2. The van der Waals surface area contributed by atoms with Gasteiger partial charge in [0.25, 0.3) is 0 Å². The van der Waals surface area contributed by atoms with Crippen LogP contribution >= 0.6 is 0 Å². The summed E-state index contributed by atoms with van der Waals surface area (Å²) in [6, 6.07) is 29.9. The van der Waals surface area contributed by atoms with Crippen LogP contribution in [0.1, 0.15) is 30.0 Å². The summed E-state index contributed by atoms with van der Waals surface area (Å²) in [7, 11) is 4.02. The predicted octanol–water partition coefficient (Wildman–Crippen LogP) is 4.88. The van der Waals surface area contributed by atoms with Crippen molar-refractivity contribution >= 4 is 17.3 Å². The third kappa shape index (κ3) is 6.46. The van der Waals surface area contributed by atoms with Crippen molar-refractivity contribution in [3.63, 3.8) is 0 Å². The molecule has 3 aromatic carbocycles. The van der Waals surface area contributed by atoms with Crippen molar-refractivity contribution in [1.29, 1.82) is 0 Å². The van der Waals surface area contributed by atoms with E-state index in [1.54, 1.807) is 0 Å². The largest absolute Gasteiger partial charge is 0.378 e. The van der Waals surface area contributed by atoms with Gasteiger partial charge < -0.3 is 15.1 Å². The van der Waals surface area contributed by atoms with E-state index >= 15 is 0 Å². The topological polar surface area (TPSA) is 38.8 Å². The minimum absolute atomic E-state index is 0.0875. The molecular formula is C29H36N4O. The Bertz CT molecular complexity index is 974. The number of hydrogen-bond acceptors (Lipinski definition) is 4. The second-order valence-corrected chi connectivity index (χ2v) is 9.19. The summed E-state index contributed by atoms with van der Waals surface area (Å²) >= 11 is 0. The number of rotatable bonds is 9. The van der Waals surface area contributed by atoms with Crippen LogP contribution in [-0.2, 0) is 4.79 Å². The van der Waals surface area contributed by atoms with Gasteiger partial charge in [0.15, 0.2) is 0 Å². The zero-order chi connectivity index (χ0) is 23.8. The Hall–Kier alpha value is -3.15. The van der Waals surface area contributed by atoms with Gasteiger partial charge >= 0.3 is 0 Å². The molecule has 0 atom stereocenters. The Morgan fingerprint density at radius 1 is 0.824 bits per heavy atom. The number of carbonyl (C=O) groups is 1. The van der Waals surface area contributed by atoms with Crippen molar-refractivity contribution in [1.82, 2.24) is 9.80 Å². The smallest absolute Gasteiger partial charge is 0.224 e. The number of benzene rings is 3. The molecule has 0 aliphatic carbocycles. The maximum Gasteiger partial charge on any atom is 0.224 e. The van der Waals surface area contributed by atoms with E-state index in [-0.39, 0.29) is 11.9 Å². The van der Waals surface area contributed by atoms with Crippen LogP contribution in [0, 0.1) is 0 Å². The Kier molecular flexibility index (Phi) is 8.34. The maximum absolute atomic E-state index is 12.4. The van der Waals surface area contributed by atoms with Gasteiger partial charge in [0.2, 0.25) is 5.91 Å². The third-order valence-electron chi connectivity index (χ3n) is 6.55. The predicted molar refractivity (Wildman–Crippen MR) is 141 cm³/mol. The van der Waals surface area contributed by atoms with Gasteiger partial charge in [-0.3, -0.25) is 9.69 Å². The molecule has 0 spiro atoms. The Morgan fingerprint density at radius 2 is 1.38 bits per heavy atom. The highest BCUT2D eigenvalue weighted by Crippen LogP contribution is 2.29. The molecule has 1 heterocycles. The molecule has 5 nitrogen and oxygen atoms in total. The van der Waals surface area contributed by atoms with Crippen LogP contribution in [0.5, 0.6) is 0 Å². The van der Waals surface area contributed by atoms with Crippen LogP contribution in [-0.4, -0.2) is 62.5 Å². The molecule has 0 radical (unpaired) electrons. The fourth-order valence-corrected chi connectivity index (χ4v) is 4.66. The zero-order valence-corrected chi connectivity index (χ0v) is 20.4. The molecular weight excluding hydrogens is 420 g/mol. The zero-order valence-electron chi connectivity index (χ0n) is 20.4. The molecule has 178 valence electrons. The minimum atomic E-state index is 0.0875. The molecule has 4 rings (SSSR count). The Balaban J connectivity index is 1.24. The van der Waals surface area contributed by atoms with E-state index in [2.05, 4.69) is 75.8 Å². The van der Waals surface area contributed by atoms with Crippen LogP contribution in [0.4, 0.5) is 11.4 Å². The molecule has 0 aromatic heterocycles. The lowest BCUT2D eigenvalue weighted by atomic mass is 9.96. The maximum atomic E-state index is 12.4. The molecule has 1 amide bonds. The fraction of sp³-hybridized carbons (Fsp3) is 0.345. The van der Waals surface area contributed by atoms with Crippen LogP contribution < -0.4 is 10.2 Å². The summed E-state index contributed by atoms with van der Waals surface area (Å²) in [5.41, 5.74) is 4.67. The Morgan fingerprint density at radius 3 is 1.91 bits per heavy atom. The van der Waals surface area contributed by atoms with E-state index in [4.69, 9.17) is 0 Å². The Labute approximate surface area is 204 Å². The lowest BCUT2D eigenvalue weighted by Gasteiger charge is -2.39. The van der Waals surface area contributed by atoms with Crippen molar-refractivity contribution < 1.29 is 4.79 Å². The van der Waals surface area contributed by atoms with Crippen molar-refractivity contribution in [3.05, 3.63) is 96.1 Å². The molecule has 1 aliphatic heterocycles. The van der Waals surface area contributed by atoms with Gasteiger partial charge in [0.1, 0.15) is 0 Å². The molecule has 0 saturated carbocycles. The summed E-state index contributed by atoms with van der Waals surface area (Å²) in [6.07, 6.45) is 1.43. The van der Waals surface area contributed by atoms with Crippen molar-refractivity contribution in [2.45, 2.75) is 18.9 Å². The average molecular weight is 457 g/mol. The molecule has 5 heteroatoms. The molecule has 0 bridgehead atoms. The number of anilines is 2. The van der Waals surface area contributed by atoms with Crippen molar-refractivity contribution in [2.75, 3.05) is 57.0 Å². The first-order valence-electron chi connectivity index (χ1n) is 12.2. The second kappa shape index (κ2) is 11.8. The summed E-state index contributed by atoms with van der Waals surface area (Å²) in [5, 5.41) is 3.02. The lowest BCUT2D eigenvalue weighted by molar-refractivity contribution is -0.116. The van der Waals surface area contributed by atoms with Crippen LogP contribution in [0.25, 0.3) is 0 Å². The molecule has 34 heavy (non-hydrogen) atoms. The van der Waals surface area contributed by atoms with Gasteiger partial charge in [-0.1, -0.05) is 60.7 Å². The van der Waals surface area contributed by atoms with E-state index in [0.717, 1.165) is 50.5 Å². The number of nitrogens with zero attached hydrogens (tertiary/aromatic N) is 3. The molecule has 1 saturated heterocycles. The van der Waals surface area contributed by atoms with Gasteiger partial charge in [-0.15, -0.1) is 0 Å². The molecule has 1 N–H and O–H groups in total. The summed E-state index contributed by atoms with van der Waals surface area (Å²) in [4.78, 5) is 19.5. The highest BCUT2D eigenvalue weighted by Gasteiger charge is 2.26. The number of hydrogen-bond donors (Lipinski definition) is 1. The van der Waals surface area contributed by atoms with Crippen molar-refractivity contribution in [3.8, 4) is 0 Å². The number of amides is 1. The minimum Gasteiger partial charge on any atom is -0.378 e. The monoisotopic (exact) mass is 456 g/mol. The van der Waals surface area contributed by atoms with E-state index < -0.39 is 0 Å². The van der Waals surface area contributed by atoms with E-state index in [1.807, 2.05) is 43.3 Å². The van der Waals surface area contributed by atoms with Gasteiger partial charge in [-0.25, -0.2) is 0 Å². The standard InChI is InChI=1S/C29H36N4O/c1-31(2)27-17-15-26(16-18-27)30-28(34)14-9-19-32-20-22-33(23-21-32)29(24-10-5-3-6-11-24)25-12-7-4-8-13-25/h3-8,10-13,15-18,29H,9,14,19-23H2,1-2H3,(H,30,34). The number of piperazine rings is 1. The molecule has 1 fully saturated rings. The average Bonchev–Trinajstić information content (AvgIpc) is 2.87. The third-order valence-corrected chi connectivity index (χ3v) is 6.55. The second-order valence-electron chi connectivity index (χ2n) is 9.19. The number of nitrogens with one attached hydrogen (secondary N) is 1. The SMILES string of the molecule is CN(C)c1ccc(NC(=O)CCCN2CCN(C(c3ccccc3)c3ccccc3)CC2)cc1. The van der Waals surface area contributed by atoms with Crippen LogP contribution in [0.15, 0.2) is 84.9 Å². The van der Waals surface area contributed by atoms with Gasteiger partial charge in [0.05, 0.1) is 6.04 Å². The quantitative estimate of drug-likeness (QED) is 0.498. The first-order chi connectivity index (χ1) is 16.6. The van der Waals surface area contributed by atoms with Crippen molar-refractivity contribution in [2.24, 2.45) is 0 Å². The molecule has 0 unspecified atom stereocenters. The highest BCUT2D eigenvalue weighted by atomic mass is 16.1. The number of carbonyl (C=O) groups excluding carboxylic acids is 1. The van der Waals surface area contributed by atoms with Crippen LogP contribution in [0.3, 0.4) is 0 Å². The van der Waals surface area contributed by atoms with E-state index in [1.165, 1.54) is 11.1 Å². The van der Waals surface area contributed by atoms with Gasteiger partial charge in [0, 0.05) is 58.1 Å². The fourth-order valence-electron chi connectivity index (χ4n) is 4.66. The van der Waals surface area contributed by atoms with Crippen LogP contribution in [0.2, 0.25) is 0 Å². The summed E-state index contributed by atoms with van der Waals surface area (Å²) in [6.45, 7) is 5.08. The summed E-state index contributed by atoms with van der Waals surface area (Å²) in [5.74, 6) is 0.0875. The molecule has 1 aliphatic rings. The first kappa shape index (κ1) is 24.0.